The Balaban J connectivity index is 1.74. The molecule has 1 N–H and O–H groups in total. The van der Waals surface area contributed by atoms with Gasteiger partial charge in [0.1, 0.15) is 5.82 Å². The molecular weight excluding hydrogens is 319 g/mol. The number of benzene rings is 2. The summed E-state index contributed by atoms with van der Waals surface area (Å²) in [5.41, 5.74) is 2.65. The number of aromatic nitrogens is 2. The van der Waals surface area contributed by atoms with Crippen molar-refractivity contribution in [1.29, 1.82) is 0 Å². The summed E-state index contributed by atoms with van der Waals surface area (Å²) in [5, 5.41) is 7.06. The van der Waals surface area contributed by atoms with Gasteiger partial charge in [-0.2, -0.15) is 5.10 Å². The lowest BCUT2D eigenvalue weighted by atomic mass is 10.2. The van der Waals surface area contributed by atoms with Crippen LogP contribution in [-0.4, -0.2) is 34.7 Å². The second kappa shape index (κ2) is 7.27. The van der Waals surface area contributed by atoms with Crippen LogP contribution in [-0.2, 0) is 6.54 Å². The Hall–Kier alpha value is -2.99. The van der Waals surface area contributed by atoms with Gasteiger partial charge in [-0.05, 0) is 56.1 Å². The topological polar surface area (TPSA) is 50.2 Å². The molecule has 0 saturated heterocycles. The lowest BCUT2D eigenvalue weighted by Crippen LogP contribution is -2.14. The van der Waals surface area contributed by atoms with Crippen molar-refractivity contribution in [2.75, 3.05) is 19.4 Å². The molecule has 1 heterocycles. The summed E-state index contributed by atoms with van der Waals surface area (Å²) >= 11 is 0. The van der Waals surface area contributed by atoms with E-state index in [2.05, 4.69) is 15.3 Å². The first-order valence-electron chi connectivity index (χ1n) is 7.88. The molecule has 6 heteroatoms. The van der Waals surface area contributed by atoms with Crippen molar-refractivity contribution < 1.29 is 9.18 Å². The number of halogens is 1. The number of hydrogen-bond acceptors (Lipinski definition) is 3. The third-order valence-corrected chi connectivity index (χ3v) is 3.58. The normalized spacial score (nSPS) is 10.9. The van der Waals surface area contributed by atoms with Crippen LogP contribution in [0.5, 0.6) is 0 Å². The van der Waals surface area contributed by atoms with E-state index in [1.165, 1.54) is 16.8 Å². The fourth-order valence-corrected chi connectivity index (χ4v) is 2.52. The molecule has 128 valence electrons. The second-order valence-corrected chi connectivity index (χ2v) is 6.02. The van der Waals surface area contributed by atoms with Gasteiger partial charge in [-0.1, -0.05) is 18.2 Å². The zero-order valence-corrected chi connectivity index (χ0v) is 14.1. The third-order valence-electron chi connectivity index (χ3n) is 3.58. The highest BCUT2D eigenvalue weighted by atomic mass is 19.1. The molecule has 0 saturated carbocycles. The Kier molecular flexibility index (Phi) is 4.90. The number of rotatable bonds is 5. The van der Waals surface area contributed by atoms with E-state index >= 15 is 0 Å². The molecule has 0 fully saturated rings. The summed E-state index contributed by atoms with van der Waals surface area (Å²) in [4.78, 5) is 14.4. The standard InChI is InChI=1S/C19H19FN4O/c1-23(2)13-14-5-3-7-16(11-14)21-19(25)18-9-10-24(22-18)17-8-4-6-15(20)12-17/h3-12H,13H2,1-2H3,(H,21,25). The molecule has 0 unspecified atom stereocenters. The van der Waals surface area contributed by atoms with Gasteiger partial charge >= 0.3 is 0 Å². The molecule has 3 aromatic rings. The number of carbonyl (C=O) groups is 1. The molecule has 0 aliphatic rings. The van der Waals surface area contributed by atoms with E-state index in [-0.39, 0.29) is 17.4 Å². The molecule has 1 aromatic heterocycles. The molecule has 2 aromatic carbocycles. The summed E-state index contributed by atoms with van der Waals surface area (Å²) in [7, 11) is 3.98. The first kappa shape index (κ1) is 16.9. The van der Waals surface area contributed by atoms with Gasteiger partial charge in [0.15, 0.2) is 5.69 Å². The van der Waals surface area contributed by atoms with Gasteiger partial charge in [0.2, 0.25) is 0 Å². The number of nitrogens with one attached hydrogen (secondary N) is 1. The highest BCUT2D eigenvalue weighted by Crippen LogP contribution is 2.14. The van der Waals surface area contributed by atoms with Crippen LogP contribution in [0.1, 0.15) is 16.1 Å². The van der Waals surface area contributed by atoms with Crippen LogP contribution in [0.15, 0.2) is 60.8 Å². The Morgan fingerprint density at radius 2 is 1.96 bits per heavy atom. The van der Waals surface area contributed by atoms with Crippen LogP contribution in [0.2, 0.25) is 0 Å². The summed E-state index contributed by atoms with van der Waals surface area (Å²) in [6, 6.07) is 15.3. The maximum Gasteiger partial charge on any atom is 0.276 e. The van der Waals surface area contributed by atoms with Gasteiger partial charge < -0.3 is 10.2 Å². The van der Waals surface area contributed by atoms with E-state index in [1.807, 2.05) is 38.4 Å². The fourth-order valence-electron chi connectivity index (χ4n) is 2.52. The molecule has 5 nitrogen and oxygen atoms in total. The van der Waals surface area contributed by atoms with E-state index in [0.29, 0.717) is 11.4 Å². The van der Waals surface area contributed by atoms with E-state index in [1.54, 1.807) is 24.4 Å². The van der Waals surface area contributed by atoms with Crippen LogP contribution in [0.3, 0.4) is 0 Å². The molecular formula is C19H19FN4O. The molecule has 0 bridgehead atoms. The molecule has 0 aliphatic heterocycles. The number of nitrogens with zero attached hydrogens (tertiary/aromatic N) is 3. The SMILES string of the molecule is CN(C)Cc1cccc(NC(=O)c2ccn(-c3cccc(F)c3)n2)c1. The van der Waals surface area contributed by atoms with Crippen molar-refractivity contribution in [2.45, 2.75) is 6.54 Å². The largest absolute Gasteiger partial charge is 0.321 e. The highest BCUT2D eigenvalue weighted by Gasteiger charge is 2.11. The van der Waals surface area contributed by atoms with Crippen molar-refractivity contribution in [2.24, 2.45) is 0 Å². The van der Waals surface area contributed by atoms with Gasteiger partial charge in [-0.3, -0.25) is 4.79 Å². The summed E-state index contributed by atoms with van der Waals surface area (Å²) in [5.74, 6) is -0.658. The van der Waals surface area contributed by atoms with Gasteiger partial charge in [0, 0.05) is 18.4 Å². The molecule has 0 atom stereocenters. The minimum absolute atomic E-state index is 0.266. The fraction of sp³-hybridized carbons (Fsp3) is 0.158. The smallest absolute Gasteiger partial charge is 0.276 e. The lowest BCUT2D eigenvalue weighted by molar-refractivity contribution is 0.102. The van der Waals surface area contributed by atoms with Crippen LogP contribution in [0, 0.1) is 5.82 Å². The van der Waals surface area contributed by atoms with Crippen LogP contribution >= 0.6 is 0 Å². The highest BCUT2D eigenvalue weighted by molar-refractivity contribution is 6.02. The summed E-state index contributed by atoms with van der Waals surface area (Å²) in [6.07, 6.45) is 1.63. The molecule has 25 heavy (non-hydrogen) atoms. The van der Waals surface area contributed by atoms with E-state index in [9.17, 15) is 9.18 Å². The Morgan fingerprint density at radius 1 is 1.16 bits per heavy atom. The lowest BCUT2D eigenvalue weighted by Gasteiger charge is -2.11. The minimum atomic E-state index is -0.350. The van der Waals surface area contributed by atoms with Crippen molar-refractivity contribution >= 4 is 11.6 Å². The molecule has 0 radical (unpaired) electrons. The van der Waals surface area contributed by atoms with Crippen LogP contribution in [0.4, 0.5) is 10.1 Å². The third kappa shape index (κ3) is 4.30. The maximum atomic E-state index is 13.3. The zero-order valence-electron chi connectivity index (χ0n) is 14.1. The Morgan fingerprint density at radius 3 is 2.72 bits per heavy atom. The predicted molar refractivity (Wildman–Crippen MR) is 95.3 cm³/mol. The average molecular weight is 338 g/mol. The molecule has 1 amide bonds. The minimum Gasteiger partial charge on any atom is -0.321 e. The molecule has 0 spiro atoms. The van der Waals surface area contributed by atoms with Gasteiger partial charge in [0.25, 0.3) is 5.91 Å². The summed E-state index contributed by atoms with van der Waals surface area (Å²) < 4.78 is 14.8. The monoisotopic (exact) mass is 338 g/mol. The van der Waals surface area contributed by atoms with E-state index in [4.69, 9.17) is 0 Å². The molecule has 0 aliphatic carbocycles. The number of carbonyl (C=O) groups excluding carboxylic acids is 1. The van der Waals surface area contributed by atoms with Gasteiger partial charge in [-0.15, -0.1) is 0 Å². The Bertz CT molecular complexity index is 888. The van der Waals surface area contributed by atoms with E-state index < -0.39 is 0 Å². The quantitative estimate of drug-likeness (QED) is 0.776. The maximum absolute atomic E-state index is 13.3. The predicted octanol–water partition coefficient (Wildman–Crippen LogP) is 3.33. The number of hydrogen-bond donors (Lipinski definition) is 1. The van der Waals surface area contributed by atoms with Crippen LogP contribution < -0.4 is 5.32 Å². The van der Waals surface area contributed by atoms with Gasteiger partial charge in [-0.25, -0.2) is 9.07 Å². The number of anilines is 1. The molecule has 3 rings (SSSR count). The first-order valence-corrected chi connectivity index (χ1v) is 7.88. The van der Waals surface area contributed by atoms with Crippen LogP contribution in [0.25, 0.3) is 5.69 Å². The second-order valence-electron chi connectivity index (χ2n) is 6.02. The zero-order chi connectivity index (χ0) is 17.8. The van der Waals surface area contributed by atoms with E-state index in [0.717, 1.165) is 12.1 Å². The first-order chi connectivity index (χ1) is 12.0. The van der Waals surface area contributed by atoms with Crippen molar-refractivity contribution in [3.8, 4) is 5.69 Å². The van der Waals surface area contributed by atoms with Crippen molar-refractivity contribution in [3.05, 3.63) is 77.9 Å². The van der Waals surface area contributed by atoms with Crippen molar-refractivity contribution in [1.82, 2.24) is 14.7 Å². The number of amides is 1. The summed E-state index contributed by atoms with van der Waals surface area (Å²) in [6.45, 7) is 0.790. The van der Waals surface area contributed by atoms with Gasteiger partial charge in [0.05, 0.1) is 5.69 Å². The average Bonchev–Trinajstić information content (AvgIpc) is 3.05. The Labute approximate surface area is 145 Å². The van der Waals surface area contributed by atoms with Crippen molar-refractivity contribution in [3.63, 3.8) is 0 Å².